The third-order valence-corrected chi connectivity index (χ3v) is 0.612. The zero-order valence-electron chi connectivity index (χ0n) is 5.05. The first-order valence-corrected chi connectivity index (χ1v) is 2.46. The van der Waals surface area contributed by atoms with E-state index in [4.69, 9.17) is 0 Å². The minimum Gasteiger partial charge on any atom is -0.465 e. The highest BCUT2D eigenvalue weighted by atomic mass is 16.5. The van der Waals surface area contributed by atoms with E-state index in [9.17, 15) is 14.7 Å². The lowest BCUT2D eigenvalue weighted by Crippen LogP contribution is -2.04. The molecule has 0 aromatic carbocycles. The summed E-state index contributed by atoms with van der Waals surface area (Å²) in [6.07, 6.45) is -0.237. The van der Waals surface area contributed by atoms with Gasteiger partial charge in [0.2, 0.25) is 0 Å². The summed E-state index contributed by atoms with van der Waals surface area (Å²) >= 11 is 0. The van der Waals surface area contributed by atoms with Crippen LogP contribution in [0.15, 0.2) is 0 Å². The van der Waals surface area contributed by atoms with Gasteiger partial charge in [-0.1, -0.05) is 0 Å². The molecule has 0 heterocycles. The van der Waals surface area contributed by atoms with E-state index in [2.05, 4.69) is 4.74 Å². The first kappa shape index (κ1) is 7.94. The summed E-state index contributed by atoms with van der Waals surface area (Å²) in [5.41, 5.74) is 0. The molecular weight excluding hydrogens is 124 g/mol. The quantitative estimate of drug-likeness (QED) is 0.502. The van der Waals surface area contributed by atoms with Gasteiger partial charge in [-0.2, -0.15) is 0 Å². The van der Waals surface area contributed by atoms with E-state index in [0.29, 0.717) is 0 Å². The van der Waals surface area contributed by atoms with Crippen molar-refractivity contribution in [2.75, 3.05) is 6.61 Å². The monoisotopic (exact) mass is 131 g/mol. The van der Waals surface area contributed by atoms with Crippen molar-refractivity contribution >= 4 is 11.9 Å². The van der Waals surface area contributed by atoms with E-state index in [1.54, 1.807) is 0 Å². The molecule has 0 fully saturated rings. The Kier molecular flexibility index (Phi) is 3.43. The fourth-order valence-corrected chi connectivity index (χ4v) is 0.278. The number of ether oxygens (including phenoxy) is 1. The summed E-state index contributed by atoms with van der Waals surface area (Å²) in [5, 5.41) is 9.68. The predicted octanol–water partition coefficient (Wildman–Crippen LogP) is -0.103. The highest BCUT2D eigenvalue weighted by Crippen LogP contribution is 1.82. The van der Waals surface area contributed by atoms with E-state index in [1.807, 2.05) is 0 Å². The summed E-state index contributed by atoms with van der Waals surface area (Å²) < 4.78 is 4.29. The molecule has 0 N–H and O–H groups in total. The Bertz CT molecular complexity index is 104. The van der Waals surface area contributed by atoms with Crippen molar-refractivity contribution in [1.29, 1.82) is 0 Å². The Morgan fingerprint density at radius 2 is 2.00 bits per heavy atom. The summed E-state index contributed by atoms with van der Waals surface area (Å²) in [6.45, 7) is 1.12. The van der Waals surface area contributed by atoms with Crippen LogP contribution in [0.5, 0.6) is 0 Å². The largest absolute Gasteiger partial charge is 0.465 e. The highest BCUT2D eigenvalue weighted by molar-refractivity contribution is 5.68. The molecule has 0 aromatic rings. The van der Waals surface area contributed by atoms with Gasteiger partial charge < -0.3 is 4.74 Å². The van der Waals surface area contributed by atoms with Crippen molar-refractivity contribution in [2.24, 2.45) is 0 Å². The molecule has 0 aliphatic carbocycles. The van der Waals surface area contributed by atoms with Crippen molar-refractivity contribution in [3.63, 3.8) is 0 Å². The first-order chi connectivity index (χ1) is 4.13. The lowest BCUT2D eigenvalue weighted by Gasteiger charge is -1.94. The van der Waals surface area contributed by atoms with Crippen LogP contribution in [0.25, 0.3) is 0 Å². The van der Waals surface area contributed by atoms with Crippen LogP contribution in [0.2, 0.25) is 0 Å². The second-order valence-electron chi connectivity index (χ2n) is 1.46. The molecule has 0 saturated heterocycles. The maximum Gasteiger partial charge on any atom is 0.359 e. The molecule has 0 aliphatic heterocycles. The number of rotatable bonds is 3. The Hall–Kier alpha value is -1.06. The van der Waals surface area contributed by atoms with Gasteiger partial charge in [0, 0.05) is 6.92 Å². The molecular formula is C5H7O4. The molecule has 4 heteroatoms. The molecule has 0 aromatic heterocycles. The summed E-state index contributed by atoms with van der Waals surface area (Å²) in [4.78, 5) is 19.7. The number of hydrogen-bond donors (Lipinski definition) is 0. The summed E-state index contributed by atoms with van der Waals surface area (Å²) in [7, 11) is 0. The van der Waals surface area contributed by atoms with Crippen molar-refractivity contribution in [3.8, 4) is 0 Å². The lowest BCUT2D eigenvalue weighted by molar-refractivity contribution is -0.147. The van der Waals surface area contributed by atoms with Gasteiger partial charge in [-0.05, 0) is 0 Å². The lowest BCUT2D eigenvalue weighted by atomic mass is 10.5. The Labute approximate surface area is 52.4 Å². The zero-order chi connectivity index (χ0) is 7.28. The zero-order valence-corrected chi connectivity index (χ0v) is 5.05. The van der Waals surface area contributed by atoms with Crippen molar-refractivity contribution in [1.82, 2.24) is 0 Å². The molecule has 1 radical (unpaired) electrons. The van der Waals surface area contributed by atoms with Crippen LogP contribution in [0.1, 0.15) is 13.3 Å². The molecule has 0 atom stereocenters. The van der Waals surface area contributed by atoms with Gasteiger partial charge in [0.1, 0.15) is 6.61 Å². The number of carbonyl (C=O) groups is 2. The SMILES string of the molecule is CC(=O)OCCC([O])=O. The molecule has 9 heavy (non-hydrogen) atoms. The minimum absolute atomic E-state index is 0.0995. The fraction of sp³-hybridized carbons (Fsp3) is 0.600. The van der Waals surface area contributed by atoms with Crippen LogP contribution in [0.3, 0.4) is 0 Å². The van der Waals surface area contributed by atoms with E-state index < -0.39 is 11.9 Å². The maximum atomic E-state index is 9.99. The van der Waals surface area contributed by atoms with Gasteiger partial charge in [-0.25, -0.2) is 9.90 Å². The summed E-state index contributed by atoms with van der Waals surface area (Å²) in [5.74, 6) is -1.69. The Morgan fingerprint density at radius 3 is 2.33 bits per heavy atom. The number of esters is 1. The van der Waals surface area contributed by atoms with Gasteiger partial charge in [-0.15, -0.1) is 0 Å². The van der Waals surface area contributed by atoms with Crippen molar-refractivity contribution in [3.05, 3.63) is 0 Å². The van der Waals surface area contributed by atoms with Crippen LogP contribution in [0, 0.1) is 0 Å². The second kappa shape index (κ2) is 3.88. The van der Waals surface area contributed by atoms with Crippen molar-refractivity contribution < 1.29 is 19.4 Å². The van der Waals surface area contributed by atoms with Crippen molar-refractivity contribution in [2.45, 2.75) is 13.3 Å². The molecule has 0 amide bonds. The summed E-state index contributed by atoms with van der Waals surface area (Å²) in [6, 6.07) is 0. The molecule has 0 saturated carbocycles. The van der Waals surface area contributed by atoms with Crippen LogP contribution in [-0.2, 0) is 19.4 Å². The molecule has 0 spiro atoms. The first-order valence-electron chi connectivity index (χ1n) is 2.46. The average Bonchev–Trinajstić information content (AvgIpc) is 1.63. The normalized spacial score (nSPS) is 8.56. The van der Waals surface area contributed by atoms with Crippen LogP contribution in [0.4, 0.5) is 0 Å². The fourth-order valence-electron chi connectivity index (χ4n) is 0.278. The maximum absolute atomic E-state index is 9.99. The van der Waals surface area contributed by atoms with Gasteiger partial charge in [0.25, 0.3) is 0 Å². The molecule has 51 valence electrons. The van der Waals surface area contributed by atoms with E-state index >= 15 is 0 Å². The van der Waals surface area contributed by atoms with E-state index in [0.717, 1.165) is 0 Å². The Morgan fingerprint density at radius 1 is 1.44 bits per heavy atom. The van der Waals surface area contributed by atoms with Gasteiger partial charge in [0.15, 0.2) is 0 Å². The minimum atomic E-state index is -1.21. The highest BCUT2D eigenvalue weighted by Gasteiger charge is 1.99. The molecule has 4 nitrogen and oxygen atoms in total. The third kappa shape index (κ3) is 6.94. The molecule has 0 unspecified atom stereocenters. The number of hydrogen-bond acceptors (Lipinski definition) is 3. The Balaban J connectivity index is 3.10. The second-order valence-corrected chi connectivity index (χ2v) is 1.46. The average molecular weight is 131 g/mol. The third-order valence-electron chi connectivity index (χ3n) is 0.612. The molecule has 0 rings (SSSR count). The van der Waals surface area contributed by atoms with Gasteiger partial charge >= 0.3 is 11.9 Å². The number of carbonyl (C=O) groups excluding carboxylic acids is 2. The van der Waals surface area contributed by atoms with Gasteiger partial charge in [0.05, 0.1) is 6.42 Å². The molecule has 0 bridgehead atoms. The smallest absolute Gasteiger partial charge is 0.359 e. The standard InChI is InChI=1S/C5H7O4/c1-4(6)9-3-2-5(7)8/h2-3H2,1H3. The predicted molar refractivity (Wildman–Crippen MR) is 26.9 cm³/mol. The topological polar surface area (TPSA) is 63.3 Å². The van der Waals surface area contributed by atoms with Crippen LogP contribution in [-0.4, -0.2) is 18.5 Å². The van der Waals surface area contributed by atoms with E-state index in [1.165, 1.54) is 6.92 Å². The van der Waals surface area contributed by atoms with Gasteiger partial charge in [-0.3, -0.25) is 4.79 Å². The van der Waals surface area contributed by atoms with Crippen LogP contribution >= 0.6 is 0 Å². The van der Waals surface area contributed by atoms with E-state index in [-0.39, 0.29) is 13.0 Å². The van der Waals surface area contributed by atoms with Crippen LogP contribution < -0.4 is 0 Å². The molecule has 0 aliphatic rings.